The van der Waals surface area contributed by atoms with Crippen molar-refractivity contribution >= 4 is 29.3 Å². The number of nitrogens with zero attached hydrogens (tertiary/aromatic N) is 4. The van der Waals surface area contributed by atoms with Crippen LogP contribution in [0, 0.1) is 12.8 Å². The Morgan fingerprint density at radius 3 is 2.27 bits per heavy atom. The lowest BCUT2D eigenvalue weighted by Gasteiger charge is -2.40. The topological polar surface area (TPSA) is 129 Å². The number of aromatic nitrogens is 2. The zero-order valence-electron chi connectivity index (χ0n) is 28.8. The molecule has 0 bridgehead atoms. The van der Waals surface area contributed by atoms with E-state index in [2.05, 4.69) is 45.1 Å². The van der Waals surface area contributed by atoms with Crippen molar-refractivity contribution in [3.63, 3.8) is 0 Å². The molecule has 1 saturated heterocycles. The monoisotopic (exact) mass is 657 g/mol. The first-order chi connectivity index (χ1) is 23.1. The summed E-state index contributed by atoms with van der Waals surface area (Å²) in [5.74, 6) is -0.333. The number of benzene rings is 2. The lowest BCUT2D eigenvalue weighted by atomic mass is 9.83. The third-order valence-electron chi connectivity index (χ3n) is 9.14. The van der Waals surface area contributed by atoms with Crippen LogP contribution in [0.4, 0.5) is 5.69 Å². The minimum absolute atomic E-state index is 0.0100. The molecule has 258 valence electrons. The summed E-state index contributed by atoms with van der Waals surface area (Å²) >= 11 is 0. The number of rotatable bonds is 10. The number of aryl methyl sites for hydroxylation is 2. The molecule has 1 aliphatic carbocycles. The molecule has 2 unspecified atom stereocenters. The second-order valence-corrected chi connectivity index (χ2v) is 12.9. The van der Waals surface area contributed by atoms with E-state index < -0.39 is 6.04 Å². The van der Waals surface area contributed by atoms with Crippen LogP contribution in [0.5, 0.6) is 0 Å². The average Bonchev–Trinajstić information content (AvgIpc) is 3.54. The van der Waals surface area contributed by atoms with Crippen molar-refractivity contribution in [2.45, 2.75) is 70.9 Å². The molecule has 2 atom stereocenters. The summed E-state index contributed by atoms with van der Waals surface area (Å²) in [6.45, 7) is 6.34. The van der Waals surface area contributed by atoms with Gasteiger partial charge < -0.3 is 25.8 Å². The number of likely N-dealkylation sites (N-methyl/N-ethyl adjacent to an activating group) is 1. The quantitative estimate of drug-likeness (QED) is 0.303. The maximum absolute atomic E-state index is 12.9. The molecular formula is C37H51N7O4. The number of hydrogen-bond acceptors (Lipinski definition) is 6. The Balaban J connectivity index is 0.000000220. The van der Waals surface area contributed by atoms with Crippen LogP contribution in [-0.4, -0.2) is 88.5 Å². The van der Waals surface area contributed by atoms with Gasteiger partial charge in [0, 0.05) is 51.0 Å². The third-order valence-corrected chi connectivity index (χ3v) is 9.14. The Bertz CT molecular complexity index is 1480. The minimum Gasteiger partial charge on any atom is -0.347 e. The maximum atomic E-state index is 12.9. The van der Waals surface area contributed by atoms with Gasteiger partial charge in [0.1, 0.15) is 11.7 Å². The number of carbonyl (C=O) groups excluding carboxylic acids is 4. The van der Waals surface area contributed by atoms with Crippen LogP contribution < -0.4 is 16.0 Å². The predicted molar refractivity (Wildman–Crippen MR) is 187 cm³/mol. The van der Waals surface area contributed by atoms with Crippen molar-refractivity contribution in [1.82, 2.24) is 30.2 Å². The Morgan fingerprint density at radius 2 is 1.62 bits per heavy atom. The van der Waals surface area contributed by atoms with E-state index in [0.29, 0.717) is 12.1 Å². The van der Waals surface area contributed by atoms with Crippen molar-refractivity contribution < 1.29 is 19.2 Å². The lowest BCUT2D eigenvalue weighted by Crippen LogP contribution is -2.56. The Hall–Kier alpha value is -4.51. The van der Waals surface area contributed by atoms with Crippen LogP contribution in [0.2, 0.25) is 0 Å². The van der Waals surface area contributed by atoms with Crippen LogP contribution in [0.1, 0.15) is 67.1 Å². The summed E-state index contributed by atoms with van der Waals surface area (Å²) in [7, 11) is 3.80. The van der Waals surface area contributed by atoms with Crippen LogP contribution in [-0.2, 0) is 27.9 Å². The van der Waals surface area contributed by atoms with E-state index >= 15 is 0 Å². The standard InChI is InChI=1S/C20H26N4O2.C17H25N3O2/c1-14-8-10-16(11-9-14)22-20(26)18(15-6-4-3-5-7-15)23-19(25)17-12-13-21-24(17)2;1-3-16(21)18-12-17(22)20-10-9-19(2)13-15(20)11-14-7-5-4-6-8-14/h8-13,15,18H,3-7H2,1-2H3,(H,22,26)(H,23,25);4-8,15H,3,9-13H2,1-2H3,(H,18,21). The van der Waals surface area contributed by atoms with E-state index in [9.17, 15) is 19.2 Å². The van der Waals surface area contributed by atoms with Crippen molar-refractivity contribution in [2.75, 3.05) is 38.5 Å². The van der Waals surface area contributed by atoms with E-state index in [4.69, 9.17) is 0 Å². The van der Waals surface area contributed by atoms with Crippen LogP contribution in [0.25, 0.3) is 0 Å². The normalized spacial score (nSPS) is 17.4. The number of hydrogen-bond donors (Lipinski definition) is 3. The third kappa shape index (κ3) is 10.8. The smallest absolute Gasteiger partial charge is 0.270 e. The lowest BCUT2D eigenvalue weighted by molar-refractivity contribution is -0.136. The molecule has 2 aliphatic rings. The molecule has 4 amide bonds. The summed E-state index contributed by atoms with van der Waals surface area (Å²) in [6.07, 6.45) is 8.13. The van der Waals surface area contributed by atoms with Crippen LogP contribution >= 0.6 is 0 Å². The first-order valence-corrected chi connectivity index (χ1v) is 17.1. The molecule has 3 N–H and O–H groups in total. The highest BCUT2D eigenvalue weighted by molar-refractivity contribution is 6.00. The van der Waals surface area contributed by atoms with Crippen molar-refractivity contribution in [3.8, 4) is 0 Å². The summed E-state index contributed by atoms with van der Waals surface area (Å²) in [5, 5.41) is 12.6. The van der Waals surface area contributed by atoms with E-state index in [0.717, 1.165) is 63.0 Å². The molecule has 1 aromatic heterocycles. The second-order valence-electron chi connectivity index (χ2n) is 12.9. The molecule has 2 heterocycles. The van der Waals surface area contributed by atoms with E-state index in [1.807, 2.05) is 54.3 Å². The van der Waals surface area contributed by atoms with E-state index in [1.165, 1.54) is 16.7 Å². The van der Waals surface area contributed by atoms with Gasteiger partial charge in [-0.15, -0.1) is 0 Å². The van der Waals surface area contributed by atoms with Gasteiger partial charge in [-0.2, -0.15) is 5.10 Å². The highest BCUT2D eigenvalue weighted by Crippen LogP contribution is 2.27. The van der Waals surface area contributed by atoms with Crippen LogP contribution in [0.3, 0.4) is 0 Å². The molecule has 11 nitrogen and oxygen atoms in total. The predicted octanol–water partition coefficient (Wildman–Crippen LogP) is 3.94. The van der Waals surface area contributed by atoms with Crippen molar-refractivity contribution in [1.29, 1.82) is 0 Å². The second kappa shape index (κ2) is 18.1. The Morgan fingerprint density at radius 1 is 0.917 bits per heavy atom. The summed E-state index contributed by atoms with van der Waals surface area (Å²) in [5.41, 5.74) is 3.57. The fourth-order valence-corrected chi connectivity index (χ4v) is 6.33. The molecule has 11 heteroatoms. The van der Waals surface area contributed by atoms with Crippen LogP contribution in [0.15, 0.2) is 66.9 Å². The Labute approximate surface area is 284 Å². The highest BCUT2D eigenvalue weighted by atomic mass is 16.2. The average molecular weight is 658 g/mol. The summed E-state index contributed by atoms with van der Waals surface area (Å²) < 4.78 is 1.52. The summed E-state index contributed by atoms with van der Waals surface area (Å²) in [4.78, 5) is 53.5. The zero-order valence-corrected chi connectivity index (χ0v) is 28.8. The molecule has 0 spiro atoms. The van der Waals surface area contributed by atoms with Gasteiger partial charge in [0.2, 0.25) is 17.7 Å². The number of amides is 4. The van der Waals surface area contributed by atoms with Gasteiger partial charge in [0.15, 0.2) is 0 Å². The van der Waals surface area contributed by atoms with Gasteiger partial charge in [-0.05, 0) is 62.9 Å². The van der Waals surface area contributed by atoms with Gasteiger partial charge >= 0.3 is 0 Å². The molecule has 5 rings (SSSR count). The minimum atomic E-state index is -0.543. The molecule has 48 heavy (non-hydrogen) atoms. The summed E-state index contributed by atoms with van der Waals surface area (Å²) in [6, 6.07) is 19.2. The molecule has 2 fully saturated rings. The number of piperazine rings is 1. The molecular weight excluding hydrogens is 606 g/mol. The fraction of sp³-hybridized carbons (Fsp3) is 0.486. The SMILES string of the molecule is CCC(=O)NCC(=O)N1CCN(C)CC1Cc1ccccc1.Cc1ccc(NC(=O)C(NC(=O)c2ccnn2C)C2CCCCC2)cc1. The Kier molecular flexibility index (Phi) is 13.7. The van der Waals surface area contributed by atoms with Gasteiger partial charge in [-0.1, -0.05) is 74.2 Å². The van der Waals surface area contributed by atoms with Gasteiger partial charge in [-0.3, -0.25) is 23.9 Å². The van der Waals surface area contributed by atoms with Gasteiger partial charge in [0.25, 0.3) is 5.91 Å². The fourth-order valence-electron chi connectivity index (χ4n) is 6.33. The number of carbonyl (C=O) groups is 4. The zero-order chi connectivity index (χ0) is 34.5. The molecule has 2 aromatic carbocycles. The van der Waals surface area contributed by atoms with Gasteiger partial charge in [0.05, 0.1) is 6.54 Å². The van der Waals surface area contributed by atoms with Crippen molar-refractivity contribution in [3.05, 3.63) is 83.7 Å². The van der Waals surface area contributed by atoms with Gasteiger partial charge in [-0.25, -0.2) is 0 Å². The highest BCUT2D eigenvalue weighted by Gasteiger charge is 2.32. The van der Waals surface area contributed by atoms with E-state index in [1.54, 1.807) is 26.2 Å². The molecule has 1 saturated carbocycles. The van der Waals surface area contributed by atoms with Crippen molar-refractivity contribution in [2.24, 2.45) is 13.0 Å². The molecule has 1 aliphatic heterocycles. The number of nitrogens with one attached hydrogen (secondary N) is 3. The molecule has 0 radical (unpaired) electrons. The largest absolute Gasteiger partial charge is 0.347 e. The molecule has 3 aromatic rings. The maximum Gasteiger partial charge on any atom is 0.270 e. The first-order valence-electron chi connectivity index (χ1n) is 17.1. The van der Waals surface area contributed by atoms with E-state index in [-0.39, 0.29) is 42.1 Å². The first kappa shape index (κ1) is 36.3. The number of anilines is 1.